The summed E-state index contributed by atoms with van der Waals surface area (Å²) < 4.78 is 19.0. The molecule has 1 aromatic carbocycles. The summed E-state index contributed by atoms with van der Waals surface area (Å²) in [5, 5.41) is 0. The highest BCUT2D eigenvalue weighted by Gasteiger charge is 2.29. The van der Waals surface area contributed by atoms with E-state index in [-0.39, 0.29) is 35.8 Å². The molecule has 0 aliphatic heterocycles. The van der Waals surface area contributed by atoms with Gasteiger partial charge in [0.25, 0.3) is 0 Å². The van der Waals surface area contributed by atoms with Gasteiger partial charge in [0.05, 0.1) is 11.7 Å². The fourth-order valence-corrected chi connectivity index (χ4v) is 3.36. The first kappa shape index (κ1) is 18.6. The van der Waals surface area contributed by atoms with Gasteiger partial charge in [0, 0.05) is 32.5 Å². The average Bonchev–Trinajstić information content (AvgIpc) is 2.60. The highest BCUT2D eigenvalue weighted by atomic mass is 19.1. The van der Waals surface area contributed by atoms with Crippen LogP contribution in [0.5, 0.6) is 0 Å². The van der Waals surface area contributed by atoms with Gasteiger partial charge in [-0.1, -0.05) is 19.1 Å². The van der Waals surface area contributed by atoms with Gasteiger partial charge in [-0.05, 0) is 37.8 Å². The number of carbonyl (C=O) groups is 2. The van der Waals surface area contributed by atoms with Crippen molar-refractivity contribution in [3.63, 3.8) is 0 Å². The lowest BCUT2D eigenvalue weighted by Crippen LogP contribution is -2.43. The van der Waals surface area contributed by atoms with Gasteiger partial charge in [0.2, 0.25) is 5.91 Å². The Hall–Kier alpha value is -1.75. The molecule has 0 N–H and O–H groups in total. The van der Waals surface area contributed by atoms with E-state index in [4.69, 9.17) is 4.74 Å². The number of halogens is 1. The molecule has 0 saturated heterocycles. The molecule has 0 spiro atoms. The van der Waals surface area contributed by atoms with Crippen LogP contribution in [0.15, 0.2) is 24.3 Å². The van der Waals surface area contributed by atoms with E-state index < -0.39 is 11.7 Å². The Morgan fingerprint density at radius 2 is 1.88 bits per heavy atom. The Bertz CT molecular complexity index is 582. The summed E-state index contributed by atoms with van der Waals surface area (Å²) in [6.07, 6.45) is 4.02. The molecule has 1 aromatic rings. The van der Waals surface area contributed by atoms with Gasteiger partial charge in [-0.15, -0.1) is 0 Å². The SMILES string of the molecule is COC1CCC(N(C)C(=O)C(C)CC(=O)c2ccccc2F)CC1. The number of rotatable bonds is 6. The first-order chi connectivity index (χ1) is 11.4. The molecule has 0 aromatic heterocycles. The van der Waals surface area contributed by atoms with Crippen LogP contribution >= 0.6 is 0 Å². The van der Waals surface area contributed by atoms with Gasteiger partial charge < -0.3 is 9.64 Å². The quantitative estimate of drug-likeness (QED) is 0.748. The summed E-state index contributed by atoms with van der Waals surface area (Å²) in [7, 11) is 3.51. The van der Waals surface area contributed by atoms with Crippen LogP contribution in [-0.2, 0) is 9.53 Å². The molecule has 0 bridgehead atoms. The van der Waals surface area contributed by atoms with Crippen LogP contribution < -0.4 is 0 Å². The number of hydrogen-bond acceptors (Lipinski definition) is 3. The van der Waals surface area contributed by atoms with Crippen molar-refractivity contribution in [2.75, 3.05) is 14.2 Å². The Morgan fingerprint density at radius 1 is 1.25 bits per heavy atom. The van der Waals surface area contributed by atoms with Crippen molar-refractivity contribution in [2.45, 2.75) is 51.2 Å². The van der Waals surface area contributed by atoms with Crippen molar-refractivity contribution in [1.82, 2.24) is 4.90 Å². The fourth-order valence-electron chi connectivity index (χ4n) is 3.36. The van der Waals surface area contributed by atoms with Crippen molar-refractivity contribution in [1.29, 1.82) is 0 Å². The number of amides is 1. The van der Waals surface area contributed by atoms with Gasteiger partial charge in [0.1, 0.15) is 5.82 Å². The minimum absolute atomic E-state index is 0.0253. The van der Waals surface area contributed by atoms with E-state index in [0.29, 0.717) is 0 Å². The van der Waals surface area contributed by atoms with E-state index in [1.807, 2.05) is 0 Å². The summed E-state index contributed by atoms with van der Waals surface area (Å²) in [6.45, 7) is 1.73. The number of methoxy groups -OCH3 is 1. The van der Waals surface area contributed by atoms with Gasteiger partial charge in [0.15, 0.2) is 5.78 Å². The maximum Gasteiger partial charge on any atom is 0.225 e. The second-order valence-corrected chi connectivity index (χ2v) is 6.62. The zero-order valence-electron chi connectivity index (χ0n) is 14.6. The second kappa shape index (κ2) is 8.38. The zero-order valence-corrected chi connectivity index (χ0v) is 14.6. The Morgan fingerprint density at radius 3 is 2.46 bits per heavy atom. The number of hydrogen-bond donors (Lipinski definition) is 0. The summed E-state index contributed by atoms with van der Waals surface area (Å²) in [6, 6.07) is 6.09. The number of ketones is 1. The van der Waals surface area contributed by atoms with Crippen LogP contribution in [-0.4, -0.2) is 42.9 Å². The molecule has 24 heavy (non-hydrogen) atoms. The molecular formula is C19H26FNO3. The van der Waals surface area contributed by atoms with Crippen molar-refractivity contribution >= 4 is 11.7 Å². The smallest absolute Gasteiger partial charge is 0.225 e. The van der Waals surface area contributed by atoms with Crippen molar-refractivity contribution < 1.29 is 18.7 Å². The minimum Gasteiger partial charge on any atom is -0.381 e. The van der Waals surface area contributed by atoms with Crippen LogP contribution in [0.25, 0.3) is 0 Å². The van der Waals surface area contributed by atoms with E-state index in [1.54, 1.807) is 38.1 Å². The maximum atomic E-state index is 13.7. The molecule has 0 heterocycles. The molecule has 0 radical (unpaired) electrons. The van der Waals surface area contributed by atoms with Crippen molar-refractivity contribution in [3.8, 4) is 0 Å². The number of Topliss-reactive ketones (excluding diaryl/α,β-unsaturated/α-hetero) is 1. The molecule has 1 unspecified atom stereocenters. The molecular weight excluding hydrogens is 309 g/mol. The normalized spacial score (nSPS) is 22.0. The number of nitrogens with zero attached hydrogens (tertiary/aromatic N) is 1. The number of carbonyl (C=O) groups excluding carboxylic acids is 2. The Balaban J connectivity index is 1.92. The van der Waals surface area contributed by atoms with Crippen LogP contribution in [0.1, 0.15) is 49.4 Å². The molecule has 1 amide bonds. The summed E-state index contributed by atoms with van der Waals surface area (Å²) in [5.74, 6) is -1.37. The molecule has 1 aliphatic carbocycles. The Kier molecular flexibility index (Phi) is 6.49. The zero-order chi connectivity index (χ0) is 17.7. The fraction of sp³-hybridized carbons (Fsp3) is 0.579. The van der Waals surface area contributed by atoms with Gasteiger partial charge in [-0.25, -0.2) is 4.39 Å². The van der Waals surface area contributed by atoms with E-state index in [1.165, 1.54) is 12.1 Å². The molecule has 1 fully saturated rings. The lowest BCUT2D eigenvalue weighted by atomic mass is 9.90. The van der Waals surface area contributed by atoms with Crippen LogP contribution in [0.2, 0.25) is 0 Å². The molecule has 132 valence electrons. The number of benzene rings is 1. The van der Waals surface area contributed by atoms with E-state index in [0.717, 1.165) is 25.7 Å². The molecule has 5 heteroatoms. The van der Waals surface area contributed by atoms with Crippen LogP contribution in [0, 0.1) is 11.7 Å². The molecule has 2 rings (SSSR count). The van der Waals surface area contributed by atoms with E-state index >= 15 is 0 Å². The highest BCUT2D eigenvalue weighted by molar-refractivity contribution is 5.98. The maximum absolute atomic E-state index is 13.7. The third kappa shape index (κ3) is 4.41. The summed E-state index contributed by atoms with van der Waals surface area (Å²) >= 11 is 0. The van der Waals surface area contributed by atoms with Crippen LogP contribution in [0.4, 0.5) is 4.39 Å². The van der Waals surface area contributed by atoms with E-state index in [9.17, 15) is 14.0 Å². The van der Waals surface area contributed by atoms with Gasteiger partial charge in [-0.3, -0.25) is 9.59 Å². The second-order valence-electron chi connectivity index (χ2n) is 6.62. The third-order valence-electron chi connectivity index (χ3n) is 4.96. The molecule has 1 aliphatic rings. The Labute approximate surface area is 143 Å². The van der Waals surface area contributed by atoms with E-state index in [2.05, 4.69) is 0 Å². The lowest BCUT2D eigenvalue weighted by molar-refractivity contribution is -0.136. The highest BCUT2D eigenvalue weighted by Crippen LogP contribution is 2.25. The monoisotopic (exact) mass is 335 g/mol. The van der Waals surface area contributed by atoms with Gasteiger partial charge >= 0.3 is 0 Å². The lowest BCUT2D eigenvalue weighted by Gasteiger charge is -2.35. The predicted molar refractivity (Wildman–Crippen MR) is 90.3 cm³/mol. The minimum atomic E-state index is -0.534. The summed E-state index contributed by atoms with van der Waals surface area (Å²) in [5.41, 5.74) is 0.0559. The first-order valence-corrected chi connectivity index (χ1v) is 8.51. The molecule has 4 nitrogen and oxygen atoms in total. The third-order valence-corrected chi connectivity index (χ3v) is 4.96. The molecule has 1 saturated carbocycles. The van der Waals surface area contributed by atoms with Crippen molar-refractivity contribution in [2.24, 2.45) is 5.92 Å². The van der Waals surface area contributed by atoms with Crippen LogP contribution in [0.3, 0.4) is 0 Å². The largest absolute Gasteiger partial charge is 0.381 e. The summed E-state index contributed by atoms with van der Waals surface area (Å²) in [4.78, 5) is 26.6. The van der Waals surface area contributed by atoms with Gasteiger partial charge in [-0.2, -0.15) is 0 Å². The standard InChI is InChI=1S/C19H26FNO3/c1-13(12-18(22)16-6-4-5-7-17(16)20)19(23)21(2)14-8-10-15(24-3)11-9-14/h4-7,13-15H,8-12H2,1-3H3. The van der Waals surface area contributed by atoms with Crippen molar-refractivity contribution in [3.05, 3.63) is 35.6 Å². The average molecular weight is 335 g/mol. The topological polar surface area (TPSA) is 46.6 Å². The number of ether oxygens (including phenoxy) is 1. The predicted octanol–water partition coefficient (Wildman–Crippen LogP) is 3.45. The first-order valence-electron chi connectivity index (χ1n) is 8.51. The molecule has 1 atom stereocenters.